The lowest BCUT2D eigenvalue weighted by molar-refractivity contribution is 0.0464. The fraction of sp³-hybridized carbons (Fsp3) is 0.545. The van der Waals surface area contributed by atoms with Gasteiger partial charge in [-0.15, -0.1) is 11.3 Å². The van der Waals surface area contributed by atoms with E-state index in [2.05, 4.69) is 15.9 Å². The van der Waals surface area contributed by atoms with E-state index in [0.29, 0.717) is 6.61 Å². The minimum atomic E-state index is 0.0729. The number of ether oxygens (including phenoxy) is 1. The number of ketones is 1. The van der Waals surface area contributed by atoms with Gasteiger partial charge in [0, 0.05) is 21.9 Å². The van der Waals surface area contributed by atoms with Crippen LogP contribution in [0.5, 0.6) is 0 Å². The molecule has 1 aliphatic rings. The molecule has 1 aliphatic heterocycles. The molecule has 0 saturated carbocycles. The van der Waals surface area contributed by atoms with Crippen molar-refractivity contribution in [1.29, 1.82) is 0 Å². The summed E-state index contributed by atoms with van der Waals surface area (Å²) >= 11 is 5.00. The maximum absolute atomic E-state index is 12.1. The van der Waals surface area contributed by atoms with Crippen molar-refractivity contribution in [3.8, 4) is 0 Å². The molecule has 1 fully saturated rings. The van der Waals surface area contributed by atoms with Gasteiger partial charge in [-0.3, -0.25) is 4.79 Å². The van der Waals surface area contributed by atoms with Crippen molar-refractivity contribution in [3.05, 3.63) is 20.3 Å². The fourth-order valence-electron chi connectivity index (χ4n) is 1.73. The van der Waals surface area contributed by atoms with Gasteiger partial charge in [0.05, 0.1) is 11.5 Å². The van der Waals surface area contributed by atoms with Crippen LogP contribution in [-0.2, 0) is 4.74 Å². The summed E-state index contributed by atoms with van der Waals surface area (Å²) < 4.78 is 6.37. The lowest BCUT2D eigenvalue weighted by Crippen LogP contribution is -2.24. The van der Waals surface area contributed by atoms with Crippen molar-refractivity contribution in [3.63, 3.8) is 0 Å². The fourth-order valence-corrected chi connectivity index (χ4v) is 3.28. The van der Waals surface area contributed by atoms with Crippen LogP contribution in [0.1, 0.15) is 27.4 Å². The van der Waals surface area contributed by atoms with E-state index in [4.69, 9.17) is 4.74 Å². The maximum Gasteiger partial charge on any atom is 0.178 e. The van der Waals surface area contributed by atoms with Crippen LogP contribution in [0.4, 0.5) is 0 Å². The van der Waals surface area contributed by atoms with Gasteiger partial charge in [-0.1, -0.05) is 0 Å². The van der Waals surface area contributed by atoms with Crippen molar-refractivity contribution in [2.45, 2.75) is 19.8 Å². The summed E-state index contributed by atoms with van der Waals surface area (Å²) in [6.45, 7) is 3.41. The molecule has 1 unspecified atom stereocenters. The number of Topliss-reactive ketones (excluding diaryl/α,β-unsaturated/α-hetero) is 1. The molecule has 0 spiro atoms. The van der Waals surface area contributed by atoms with Crippen LogP contribution in [0.25, 0.3) is 0 Å². The van der Waals surface area contributed by atoms with E-state index in [1.54, 1.807) is 11.3 Å². The summed E-state index contributed by atoms with van der Waals surface area (Å²) in [7, 11) is 0. The first-order chi connectivity index (χ1) is 7.18. The Bertz CT molecular complexity index is 347. The van der Waals surface area contributed by atoms with Gasteiger partial charge in [-0.05, 0) is 41.8 Å². The summed E-state index contributed by atoms with van der Waals surface area (Å²) in [5, 5.41) is 0. The van der Waals surface area contributed by atoms with Crippen molar-refractivity contribution >= 4 is 33.0 Å². The van der Waals surface area contributed by atoms with Gasteiger partial charge in [-0.2, -0.15) is 0 Å². The Morgan fingerprint density at radius 3 is 3.00 bits per heavy atom. The highest BCUT2D eigenvalue weighted by Crippen LogP contribution is 2.29. The SMILES string of the molecule is Cc1sc(C(=O)C2CCCOC2)cc1Br. The first kappa shape index (κ1) is 11.3. The summed E-state index contributed by atoms with van der Waals surface area (Å²) in [6, 6.07) is 1.93. The monoisotopic (exact) mass is 288 g/mol. The highest BCUT2D eigenvalue weighted by atomic mass is 79.9. The van der Waals surface area contributed by atoms with Crippen LogP contribution in [0.3, 0.4) is 0 Å². The van der Waals surface area contributed by atoms with Crippen LogP contribution < -0.4 is 0 Å². The highest BCUT2D eigenvalue weighted by molar-refractivity contribution is 9.10. The molecule has 4 heteroatoms. The lowest BCUT2D eigenvalue weighted by atomic mass is 9.96. The van der Waals surface area contributed by atoms with Crippen LogP contribution in [0.15, 0.2) is 10.5 Å². The lowest BCUT2D eigenvalue weighted by Gasteiger charge is -2.19. The molecule has 1 atom stereocenters. The predicted molar refractivity (Wildman–Crippen MR) is 64.6 cm³/mol. The summed E-state index contributed by atoms with van der Waals surface area (Å²) in [5.74, 6) is 0.317. The molecule has 0 bridgehead atoms. The molecule has 1 saturated heterocycles. The van der Waals surface area contributed by atoms with Crippen LogP contribution in [-0.4, -0.2) is 19.0 Å². The summed E-state index contributed by atoms with van der Waals surface area (Å²) in [6.07, 6.45) is 1.97. The Kier molecular flexibility index (Phi) is 3.59. The molecule has 0 aromatic carbocycles. The maximum atomic E-state index is 12.1. The molecule has 0 aliphatic carbocycles. The van der Waals surface area contributed by atoms with Gasteiger partial charge in [0.25, 0.3) is 0 Å². The molecule has 2 nitrogen and oxygen atoms in total. The Morgan fingerprint density at radius 2 is 2.47 bits per heavy atom. The zero-order valence-corrected chi connectivity index (χ0v) is 11.0. The normalized spacial score (nSPS) is 21.6. The van der Waals surface area contributed by atoms with E-state index in [1.807, 2.05) is 13.0 Å². The molecule has 0 amide bonds. The average Bonchev–Trinajstić information content (AvgIpc) is 2.59. The Balaban J connectivity index is 2.12. The quantitative estimate of drug-likeness (QED) is 0.780. The molecule has 1 aromatic rings. The number of hydrogen-bond donors (Lipinski definition) is 0. The van der Waals surface area contributed by atoms with Gasteiger partial charge in [0.2, 0.25) is 0 Å². The highest BCUT2D eigenvalue weighted by Gasteiger charge is 2.24. The van der Waals surface area contributed by atoms with Gasteiger partial charge < -0.3 is 4.74 Å². The topological polar surface area (TPSA) is 26.3 Å². The second-order valence-electron chi connectivity index (χ2n) is 3.79. The minimum absolute atomic E-state index is 0.0729. The molecular weight excluding hydrogens is 276 g/mol. The summed E-state index contributed by atoms with van der Waals surface area (Å²) in [4.78, 5) is 14.1. The molecular formula is C11H13BrO2S. The largest absolute Gasteiger partial charge is 0.381 e. The number of thiophene rings is 1. The Hall–Kier alpha value is -0.190. The Labute approximate surface area is 102 Å². The number of aryl methyl sites for hydroxylation is 1. The van der Waals surface area contributed by atoms with Gasteiger partial charge in [0.15, 0.2) is 5.78 Å². The zero-order chi connectivity index (χ0) is 10.8. The smallest absolute Gasteiger partial charge is 0.178 e. The van der Waals surface area contributed by atoms with Crippen molar-refractivity contribution < 1.29 is 9.53 Å². The number of rotatable bonds is 2. The molecule has 2 heterocycles. The number of carbonyl (C=O) groups excluding carboxylic acids is 1. The standard InChI is InChI=1S/C11H13BrO2S/c1-7-9(12)5-10(15-7)11(13)8-3-2-4-14-6-8/h5,8H,2-4,6H2,1H3. The Morgan fingerprint density at radius 1 is 1.67 bits per heavy atom. The molecule has 2 rings (SSSR count). The van der Waals surface area contributed by atoms with E-state index < -0.39 is 0 Å². The molecule has 0 radical (unpaired) electrons. The second kappa shape index (κ2) is 4.76. The van der Waals surface area contributed by atoms with Crippen LogP contribution in [0, 0.1) is 12.8 Å². The van der Waals surface area contributed by atoms with Crippen LogP contribution >= 0.6 is 27.3 Å². The first-order valence-electron chi connectivity index (χ1n) is 5.06. The van der Waals surface area contributed by atoms with Gasteiger partial charge in [0.1, 0.15) is 0 Å². The molecule has 15 heavy (non-hydrogen) atoms. The van der Waals surface area contributed by atoms with Crippen LogP contribution in [0.2, 0.25) is 0 Å². The van der Waals surface area contributed by atoms with E-state index in [1.165, 1.54) is 0 Å². The molecule has 82 valence electrons. The summed E-state index contributed by atoms with van der Waals surface area (Å²) in [5.41, 5.74) is 0. The number of halogens is 1. The minimum Gasteiger partial charge on any atom is -0.381 e. The van der Waals surface area contributed by atoms with Gasteiger partial charge >= 0.3 is 0 Å². The number of carbonyl (C=O) groups is 1. The molecule has 0 N–H and O–H groups in total. The van der Waals surface area contributed by atoms with E-state index in [-0.39, 0.29) is 11.7 Å². The average molecular weight is 289 g/mol. The van der Waals surface area contributed by atoms with Gasteiger partial charge in [-0.25, -0.2) is 0 Å². The van der Waals surface area contributed by atoms with E-state index in [0.717, 1.165) is 33.7 Å². The first-order valence-corrected chi connectivity index (χ1v) is 6.67. The van der Waals surface area contributed by atoms with Crippen molar-refractivity contribution in [1.82, 2.24) is 0 Å². The predicted octanol–water partition coefficient (Wildman–Crippen LogP) is 3.43. The third-order valence-corrected chi connectivity index (χ3v) is 4.78. The second-order valence-corrected chi connectivity index (χ2v) is 5.90. The van der Waals surface area contributed by atoms with Crippen molar-refractivity contribution in [2.75, 3.05) is 13.2 Å². The third-order valence-electron chi connectivity index (χ3n) is 2.63. The number of hydrogen-bond acceptors (Lipinski definition) is 3. The zero-order valence-electron chi connectivity index (χ0n) is 8.59. The van der Waals surface area contributed by atoms with E-state index >= 15 is 0 Å². The third kappa shape index (κ3) is 2.49. The van der Waals surface area contributed by atoms with Crippen molar-refractivity contribution in [2.24, 2.45) is 5.92 Å². The molecule has 1 aromatic heterocycles. The van der Waals surface area contributed by atoms with E-state index in [9.17, 15) is 4.79 Å².